The van der Waals surface area contributed by atoms with Crippen LogP contribution in [0.1, 0.15) is 6.92 Å². The summed E-state index contributed by atoms with van der Waals surface area (Å²) >= 11 is 7.33. The standard InChI is InChI=1S/C20H20ClN3O2S/c1-3-26-18-7-5-4-6-16(18)23-19(25)13-27-20-22-12-17(24(20)2)14-8-10-15(21)11-9-14/h4-12H,3,13H2,1-2H3,(H,23,25). The molecule has 3 aromatic rings. The number of aromatic nitrogens is 2. The molecule has 0 unspecified atom stereocenters. The molecule has 0 bridgehead atoms. The molecule has 0 aliphatic heterocycles. The van der Waals surface area contributed by atoms with Gasteiger partial charge in [-0.15, -0.1) is 0 Å². The smallest absolute Gasteiger partial charge is 0.234 e. The van der Waals surface area contributed by atoms with E-state index in [4.69, 9.17) is 16.3 Å². The van der Waals surface area contributed by atoms with E-state index in [-0.39, 0.29) is 11.7 Å². The first-order valence-corrected chi connectivity index (χ1v) is 9.87. The van der Waals surface area contributed by atoms with Crippen LogP contribution in [0.3, 0.4) is 0 Å². The first kappa shape index (κ1) is 19.3. The quantitative estimate of drug-likeness (QED) is 0.574. The van der Waals surface area contributed by atoms with E-state index in [1.54, 1.807) is 6.20 Å². The summed E-state index contributed by atoms with van der Waals surface area (Å²) in [5, 5.41) is 4.36. The molecule has 1 aromatic heterocycles. The second-order valence-electron chi connectivity index (χ2n) is 5.76. The maximum Gasteiger partial charge on any atom is 0.234 e. The highest BCUT2D eigenvalue weighted by molar-refractivity contribution is 7.99. The number of hydrogen-bond acceptors (Lipinski definition) is 4. The summed E-state index contributed by atoms with van der Waals surface area (Å²) in [4.78, 5) is 16.8. The molecule has 1 N–H and O–H groups in total. The Hall–Kier alpha value is -2.44. The van der Waals surface area contributed by atoms with Crippen LogP contribution in [0.2, 0.25) is 5.02 Å². The zero-order chi connectivity index (χ0) is 19.2. The Bertz CT molecular complexity index is 925. The summed E-state index contributed by atoms with van der Waals surface area (Å²) in [5.41, 5.74) is 2.67. The number of amides is 1. The SMILES string of the molecule is CCOc1ccccc1NC(=O)CSc1ncc(-c2ccc(Cl)cc2)n1C. The molecular weight excluding hydrogens is 382 g/mol. The second kappa shape index (κ2) is 8.97. The van der Waals surface area contributed by atoms with Crippen molar-refractivity contribution >= 4 is 35.0 Å². The third kappa shape index (κ3) is 4.84. The number of hydrogen-bond donors (Lipinski definition) is 1. The van der Waals surface area contributed by atoms with Crippen molar-refractivity contribution < 1.29 is 9.53 Å². The third-order valence-corrected chi connectivity index (χ3v) is 5.17. The molecule has 0 aliphatic rings. The van der Waals surface area contributed by atoms with E-state index in [9.17, 15) is 4.79 Å². The lowest BCUT2D eigenvalue weighted by molar-refractivity contribution is -0.113. The largest absolute Gasteiger partial charge is 0.492 e. The van der Waals surface area contributed by atoms with E-state index >= 15 is 0 Å². The monoisotopic (exact) mass is 401 g/mol. The van der Waals surface area contributed by atoms with Crippen LogP contribution in [-0.2, 0) is 11.8 Å². The van der Waals surface area contributed by atoms with Crippen molar-refractivity contribution in [1.29, 1.82) is 0 Å². The van der Waals surface area contributed by atoms with Gasteiger partial charge >= 0.3 is 0 Å². The summed E-state index contributed by atoms with van der Waals surface area (Å²) < 4.78 is 7.50. The van der Waals surface area contributed by atoms with Crippen LogP contribution >= 0.6 is 23.4 Å². The number of halogens is 1. The molecule has 2 aromatic carbocycles. The highest BCUT2D eigenvalue weighted by Crippen LogP contribution is 2.27. The molecule has 7 heteroatoms. The first-order valence-electron chi connectivity index (χ1n) is 8.50. The number of carbonyl (C=O) groups excluding carboxylic acids is 1. The number of imidazole rings is 1. The van der Waals surface area contributed by atoms with Crippen LogP contribution in [0.25, 0.3) is 11.3 Å². The maximum absolute atomic E-state index is 12.3. The normalized spacial score (nSPS) is 10.6. The van der Waals surface area contributed by atoms with Gasteiger partial charge < -0.3 is 14.6 Å². The molecule has 0 spiro atoms. The van der Waals surface area contributed by atoms with Crippen molar-refractivity contribution in [3.8, 4) is 17.0 Å². The Morgan fingerprint density at radius 3 is 2.70 bits per heavy atom. The number of rotatable bonds is 7. The van der Waals surface area contributed by atoms with Crippen molar-refractivity contribution in [2.45, 2.75) is 12.1 Å². The van der Waals surface area contributed by atoms with Crippen LogP contribution in [0.15, 0.2) is 59.9 Å². The van der Waals surface area contributed by atoms with Gasteiger partial charge in [-0.1, -0.05) is 47.6 Å². The summed E-state index contributed by atoms with van der Waals surface area (Å²) in [5.74, 6) is 0.814. The number of ether oxygens (including phenoxy) is 1. The van der Waals surface area contributed by atoms with Gasteiger partial charge in [-0.25, -0.2) is 4.98 Å². The zero-order valence-corrected chi connectivity index (χ0v) is 16.7. The molecule has 140 valence electrons. The summed E-state index contributed by atoms with van der Waals surface area (Å²) in [7, 11) is 1.93. The minimum absolute atomic E-state index is 0.108. The van der Waals surface area contributed by atoms with Crippen LogP contribution in [0.5, 0.6) is 5.75 Å². The number of anilines is 1. The van der Waals surface area contributed by atoms with Crippen LogP contribution in [0, 0.1) is 0 Å². The molecule has 27 heavy (non-hydrogen) atoms. The van der Waals surface area contributed by atoms with Crippen LogP contribution in [0.4, 0.5) is 5.69 Å². The zero-order valence-electron chi connectivity index (χ0n) is 15.1. The van der Waals surface area contributed by atoms with Gasteiger partial charge in [0.15, 0.2) is 5.16 Å². The Kier molecular flexibility index (Phi) is 6.42. The first-order chi connectivity index (χ1) is 13.1. The minimum atomic E-state index is -0.108. The van der Waals surface area contributed by atoms with Gasteiger partial charge in [0.05, 0.1) is 29.9 Å². The van der Waals surface area contributed by atoms with Gasteiger partial charge in [-0.2, -0.15) is 0 Å². The average molecular weight is 402 g/mol. The van der Waals surface area contributed by atoms with Gasteiger partial charge in [0.25, 0.3) is 0 Å². The fourth-order valence-corrected chi connectivity index (χ4v) is 3.46. The number of para-hydroxylation sites is 2. The van der Waals surface area contributed by atoms with Crippen molar-refractivity contribution in [2.75, 3.05) is 17.7 Å². The van der Waals surface area contributed by atoms with E-state index in [0.29, 0.717) is 23.1 Å². The second-order valence-corrected chi connectivity index (χ2v) is 7.14. The number of thioether (sulfide) groups is 1. The third-order valence-electron chi connectivity index (χ3n) is 3.88. The van der Waals surface area contributed by atoms with Gasteiger partial charge in [0.2, 0.25) is 5.91 Å². The molecule has 3 rings (SSSR count). The predicted octanol–water partition coefficient (Wildman–Crippen LogP) is 4.87. The van der Waals surface area contributed by atoms with Crippen molar-refractivity contribution in [2.24, 2.45) is 7.05 Å². The van der Waals surface area contributed by atoms with E-state index in [2.05, 4.69) is 10.3 Å². The fraction of sp³-hybridized carbons (Fsp3) is 0.200. The van der Waals surface area contributed by atoms with Gasteiger partial charge in [-0.05, 0) is 36.8 Å². The molecule has 1 amide bonds. The lowest BCUT2D eigenvalue weighted by atomic mass is 10.2. The van der Waals surface area contributed by atoms with Crippen molar-refractivity contribution in [3.63, 3.8) is 0 Å². The van der Waals surface area contributed by atoms with Crippen LogP contribution in [-0.4, -0.2) is 27.8 Å². The molecule has 0 saturated carbocycles. The molecule has 0 radical (unpaired) electrons. The summed E-state index contributed by atoms with van der Waals surface area (Å²) in [6.45, 7) is 2.45. The Labute approximate surface area is 167 Å². The number of benzene rings is 2. The van der Waals surface area contributed by atoms with E-state index < -0.39 is 0 Å². The Morgan fingerprint density at radius 1 is 1.22 bits per heavy atom. The number of nitrogens with zero attached hydrogens (tertiary/aromatic N) is 2. The molecule has 0 fully saturated rings. The highest BCUT2D eigenvalue weighted by Gasteiger charge is 2.12. The minimum Gasteiger partial charge on any atom is -0.492 e. The molecular formula is C20H20ClN3O2S. The van der Waals surface area contributed by atoms with E-state index in [0.717, 1.165) is 16.4 Å². The van der Waals surface area contributed by atoms with Gasteiger partial charge in [0, 0.05) is 12.1 Å². The molecule has 0 atom stereocenters. The molecule has 0 aliphatic carbocycles. The Morgan fingerprint density at radius 2 is 1.96 bits per heavy atom. The topological polar surface area (TPSA) is 56.1 Å². The summed E-state index contributed by atoms with van der Waals surface area (Å²) in [6.07, 6.45) is 1.80. The molecule has 1 heterocycles. The number of carbonyl (C=O) groups is 1. The van der Waals surface area contributed by atoms with Crippen molar-refractivity contribution in [1.82, 2.24) is 9.55 Å². The molecule has 5 nitrogen and oxygen atoms in total. The lowest BCUT2D eigenvalue weighted by Gasteiger charge is -2.11. The average Bonchev–Trinajstić information content (AvgIpc) is 3.03. The maximum atomic E-state index is 12.3. The van der Waals surface area contributed by atoms with Gasteiger partial charge in [0.1, 0.15) is 5.75 Å². The van der Waals surface area contributed by atoms with Gasteiger partial charge in [-0.3, -0.25) is 4.79 Å². The Balaban J connectivity index is 1.64. The lowest BCUT2D eigenvalue weighted by Crippen LogP contribution is -2.15. The molecule has 0 saturated heterocycles. The predicted molar refractivity (Wildman–Crippen MR) is 111 cm³/mol. The van der Waals surface area contributed by atoms with Crippen LogP contribution < -0.4 is 10.1 Å². The summed E-state index contributed by atoms with van der Waals surface area (Å²) in [6, 6.07) is 15.0. The number of nitrogens with one attached hydrogen (secondary N) is 1. The van der Waals surface area contributed by atoms with E-state index in [1.165, 1.54) is 11.8 Å². The van der Waals surface area contributed by atoms with Crippen molar-refractivity contribution in [3.05, 3.63) is 59.8 Å². The van der Waals surface area contributed by atoms with E-state index in [1.807, 2.05) is 67.1 Å². The fourth-order valence-electron chi connectivity index (χ4n) is 2.58. The highest BCUT2D eigenvalue weighted by atomic mass is 35.5.